The number of carbonyl (C=O) groups excluding carboxylic acids is 1. The third-order valence-electron chi connectivity index (χ3n) is 5.07. The molecule has 0 radical (unpaired) electrons. The molecule has 1 atom stereocenters. The number of ether oxygens (including phenoxy) is 4. The maximum Gasteiger partial charge on any atom is 0.241 e. The van der Waals surface area contributed by atoms with Crippen LogP contribution in [0.3, 0.4) is 0 Å². The number of nitrogens with zero attached hydrogens (tertiary/aromatic N) is 1. The van der Waals surface area contributed by atoms with E-state index in [1.807, 2.05) is 20.8 Å². The van der Waals surface area contributed by atoms with Crippen molar-refractivity contribution in [1.82, 2.24) is 9.62 Å². The van der Waals surface area contributed by atoms with Gasteiger partial charge in [0, 0.05) is 13.1 Å². The maximum atomic E-state index is 13.4. The van der Waals surface area contributed by atoms with Crippen LogP contribution >= 0.6 is 0 Å². The first-order valence-corrected chi connectivity index (χ1v) is 13.0. The molecule has 188 valence electrons. The van der Waals surface area contributed by atoms with Gasteiger partial charge in [-0.2, -0.15) is 4.72 Å². The molecule has 9 nitrogen and oxygen atoms in total. The number of nitrogens with one attached hydrogen (secondary N) is 1. The average molecular weight is 487 g/mol. The summed E-state index contributed by atoms with van der Waals surface area (Å²) in [4.78, 5) is 15.2. The van der Waals surface area contributed by atoms with Gasteiger partial charge < -0.3 is 23.8 Å². The summed E-state index contributed by atoms with van der Waals surface area (Å²) in [5, 5.41) is 0. The molecule has 10 heteroatoms. The number of hydrogen-bond acceptors (Lipinski definition) is 7. The van der Waals surface area contributed by atoms with Gasteiger partial charge in [0.05, 0.1) is 57.8 Å². The summed E-state index contributed by atoms with van der Waals surface area (Å²) >= 11 is 0. The normalized spacial score (nSPS) is 19.0. The van der Waals surface area contributed by atoms with Crippen LogP contribution in [0.1, 0.15) is 25.8 Å². The van der Waals surface area contributed by atoms with Crippen molar-refractivity contribution < 1.29 is 32.2 Å². The van der Waals surface area contributed by atoms with Crippen LogP contribution in [0, 0.1) is 12.8 Å². The van der Waals surface area contributed by atoms with E-state index in [1.54, 1.807) is 29.2 Å². The Bertz CT molecular complexity index is 784. The van der Waals surface area contributed by atoms with Crippen molar-refractivity contribution in [3.8, 4) is 0 Å². The Morgan fingerprint density at radius 3 is 1.79 bits per heavy atom. The molecule has 1 aliphatic heterocycles. The average Bonchev–Trinajstić information content (AvgIpc) is 2.77. The Balaban J connectivity index is 2.10. The van der Waals surface area contributed by atoms with Crippen molar-refractivity contribution in [2.45, 2.75) is 38.1 Å². The number of carbonyl (C=O) groups is 1. The Morgan fingerprint density at radius 2 is 1.33 bits per heavy atom. The lowest BCUT2D eigenvalue weighted by Crippen LogP contribution is -2.50. The van der Waals surface area contributed by atoms with Gasteiger partial charge in [-0.15, -0.1) is 0 Å². The van der Waals surface area contributed by atoms with Gasteiger partial charge in [-0.1, -0.05) is 31.5 Å². The highest BCUT2D eigenvalue weighted by Gasteiger charge is 2.30. The minimum atomic E-state index is -3.85. The van der Waals surface area contributed by atoms with E-state index >= 15 is 0 Å². The van der Waals surface area contributed by atoms with Gasteiger partial charge in [0.15, 0.2) is 0 Å². The molecule has 0 unspecified atom stereocenters. The monoisotopic (exact) mass is 486 g/mol. The molecular formula is C23H38N2O7S. The van der Waals surface area contributed by atoms with Crippen LogP contribution in [0.5, 0.6) is 0 Å². The van der Waals surface area contributed by atoms with Crippen LogP contribution in [-0.2, 0) is 33.8 Å². The van der Waals surface area contributed by atoms with Crippen LogP contribution in [-0.4, -0.2) is 91.2 Å². The standard InChI is InChI=1S/C23H38N2O7S/c1-19(2)18-22(24-33(27,28)21-6-4-20(3)5-7-21)23(26)25-8-10-29-12-14-31-16-17-32-15-13-30-11-9-25/h4-7,19,22,24H,8-18H2,1-3H3/t22-/m0/s1. The highest BCUT2D eigenvalue weighted by molar-refractivity contribution is 7.89. The van der Waals surface area contributed by atoms with E-state index < -0.39 is 16.1 Å². The number of aryl methyl sites for hydroxylation is 1. The summed E-state index contributed by atoms with van der Waals surface area (Å²) in [5.74, 6) is -0.173. The summed E-state index contributed by atoms with van der Waals surface area (Å²) in [6.07, 6.45) is 0.379. The zero-order valence-electron chi connectivity index (χ0n) is 20.0. The molecule has 1 aromatic rings. The van der Waals surface area contributed by atoms with Gasteiger partial charge in [-0.25, -0.2) is 8.42 Å². The molecule has 1 heterocycles. The Kier molecular flexibility index (Phi) is 12.3. The lowest BCUT2D eigenvalue weighted by Gasteiger charge is -2.28. The molecule has 1 N–H and O–H groups in total. The van der Waals surface area contributed by atoms with Gasteiger partial charge in [0.1, 0.15) is 6.04 Å². The third-order valence-corrected chi connectivity index (χ3v) is 6.56. The number of rotatable bonds is 6. The molecule has 0 aromatic heterocycles. The lowest BCUT2D eigenvalue weighted by atomic mass is 10.0. The Hall–Kier alpha value is -1.56. The zero-order chi connectivity index (χ0) is 24.1. The topological polar surface area (TPSA) is 103 Å². The molecule has 2 rings (SSSR count). The quantitative estimate of drug-likeness (QED) is 0.651. The first kappa shape index (κ1) is 27.7. The molecule has 1 aliphatic rings. The summed E-state index contributed by atoms with van der Waals surface area (Å²) < 4.78 is 50.6. The van der Waals surface area contributed by atoms with Gasteiger partial charge in [0.2, 0.25) is 15.9 Å². The number of sulfonamides is 1. The predicted octanol–water partition coefficient (Wildman–Crippen LogP) is 1.60. The fourth-order valence-electron chi connectivity index (χ4n) is 3.31. The second-order valence-corrected chi connectivity index (χ2v) is 10.1. The molecule has 1 aromatic carbocycles. The van der Waals surface area contributed by atoms with Crippen LogP contribution in [0.2, 0.25) is 0 Å². The van der Waals surface area contributed by atoms with Crippen molar-refractivity contribution in [2.75, 3.05) is 65.9 Å². The van der Waals surface area contributed by atoms with Gasteiger partial charge in [-0.05, 0) is 31.4 Å². The van der Waals surface area contributed by atoms with E-state index in [4.69, 9.17) is 18.9 Å². The van der Waals surface area contributed by atoms with E-state index in [2.05, 4.69) is 4.72 Å². The van der Waals surface area contributed by atoms with Crippen LogP contribution in [0.4, 0.5) is 0 Å². The molecule has 1 amide bonds. The molecule has 0 bridgehead atoms. The molecule has 1 fully saturated rings. The molecule has 1 saturated heterocycles. The van der Waals surface area contributed by atoms with Crippen molar-refractivity contribution in [3.05, 3.63) is 29.8 Å². The molecule has 0 saturated carbocycles. The number of hydrogen-bond donors (Lipinski definition) is 1. The Morgan fingerprint density at radius 1 is 0.879 bits per heavy atom. The zero-order valence-corrected chi connectivity index (χ0v) is 20.8. The SMILES string of the molecule is Cc1ccc(S(=O)(=O)N[C@@H](CC(C)C)C(=O)N2CCOCCOCCOCCOCC2)cc1. The summed E-state index contributed by atoms with van der Waals surface area (Å²) in [6, 6.07) is 5.68. The highest BCUT2D eigenvalue weighted by atomic mass is 32.2. The Labute approximate surface area is 197 Å². The largest absolute Gasteiger partial charge is 0.377 e. The molecular weight excluding hydrogens is 448 g/mol. The van der Waals surface area contributed by atoms with Gasteiger partial charge in [0.25, 0.3) is 0 Å². The van der Waals surface area contributed by atoms with Crippen molar-refractivity contribution in [3.63, 3.8) is 0 Å². The van der Waals surface area contributed by atoms with Crippen molar-refractivity contribution in [2.24, 2.45) is 5.92 Å². The fraction of sp³-hybridized carbons (Fsp3) is 0.696. The van der Waals surface area contributed by atoms with Crippen molar-refractivity contribution >= 4 is 15.9 Å². The van der Waals surface area contributed by atoms with Crippen LogP contribution in [0.15, 0.2) is 29.2 Å². The molecule has 33 heavy (non-hydrogen) atoms. The smallest absolute Gasteiger partial charge is 0.241 e. The van der Waals surface area contributed by atoms with Crippen LogP contribution in [0.25, 0.3) is 0 Å². The summed E-state index contributed by atoms with van der Waals surface area (Å²) in [7, 11) is -3.85. The number of benzene rings is 1. The molecule has 0 spiro atoms. The maximum absolute atomic E-state index is 13.4. The van der Waals surface area contributed by atoms with E-state index in [1.165, 1.54) is 0 Å². The molecule has 0 aliphatic carbocycles. The second-order valence-electron chi connectivity index (χ2n) is 8.39. The van der Waals surface area contributed by atoms with E-state index in [-0.39, 0.29) is 16.7 Å². The summed E-state index contributed by atoms with van der Waals surface area (Å²) in [5.41, 5.74) is 0.959. The minimum Gasteiger partial charge on any atom is -0.377 e. The second kappa shape index (κ2) is 14.6. The lowest BCUT2D eigenvalue weighted by molar-refractivity contribution is -0.135. The van der Waals surface area contributed by atoms with Gasteiger partial charge in [-0.3, -0.25) is 4.79 Å². The summed E-state index contributed by atoms with van der Waals surface area (Å²) in [6.45, 7) is 9.81. The first-order valence-electron chi connectivity index (χ1n) is 11.5. The highest BCUT2D eigenvalue weighted by Crippen LogP contribution is 2.15. The first-order chi connectivity index (χ1) is 15.8. The van der Waals surface area contributed by atoms with Gasteiger partial charge >= 0.3 is 0 Å². The minimum absolute atomic E-state index is 0.116. The fourth-order valence-corrected chi connectivity index (χ4v) is 4.51. The van der Waals surface area contributed by atoms with Crippen LogP contribution < -0.4 is 4.72 Å². The van der Waals surface area contributed by atoms with E-state index in [0.717, 1.165) is 5.56 Å². The van der Waals surface area contributed by atoms with E-state index in [0.29, 0.717) is 72.4 Å². The number of amides is 1. The predicted molar refractivity (Wildman–Crippen MR) is 125 cm³/mol. The van der Waals surface area contributed by atoms with Crippen molar-refractivity contribution in [1.29, 1.82) is 0 Å². The third kappa shape index (κ3) is 10.5. The van der Waals surface area contributed by atoms with E-state index in [9.17, 15) is 13.2 Å².